The number of aromatic nitrogens is 2. The fourth-order valence-electron chi connectivity index (χ4n) is 2.65. The molecule has 1 N–H and O–H groups in total. The molecule has 138 valence electrons. The van der Waals surface area contributed by atoms with Crippen molar-refractivity contribution in [3.8, 4) is 0 Å². The molecule has 0 bridgehead atoms. The molecule has 6 heteroatoms. The van der Waals surface area contributed by atoms with E-state index in [0.717, 1.165) is 24.5 Å². The van der Waals surface area contributed by atoms with Crippen LogP contribution < -0.4 is 10.2 Å². The average molecular weight is 381 g/mol. The number of hydrogen-bond acceptors (Lipinski definition) is 4. The van der Waals surface area contributed by atoms with E-state index >= 15 is 0 Å². The largest absolute Gasteiger partial charge is 0.351 e. The number of rotatable bonds is 7. The lowest BCUT2D eigenvalue weighted by molar-refractivity contribution is 0.0945. The molecule has 3 aromatic rings. The van der Waals surface area contributed by atoms with Gasteiger partial charge in [-0.05, 0) is 42.3 Å². The molecule has 1 heterocycles. The molecule has 27 heavy (non-hydrogen) atoms. The fraction of sp³-hybridized carbons (Fsp3) is 0.190. The highest BCUT2D eigenvalue weighted by atomic mass is 35.5. The Kier molecular flexibility index (Phi) is 6.39. The van der Waals surface area contributed by atoms with Gasteiger partial charge in [-0.2, -0.15) is 0 Å². The summed E-state index contributed by atoms with van der Waals surface area (Å²) in [6, 6.07) is 21.1. The SMILES string of the molecule is CCN(Cc1ccccc1)c1ccc(C(=O)NCc2ccc(Cl)cc2)nn1. The van der Waals surface area contributed by atoms with Crippen LogP contribution in [0.4, 0.5) is 5.82 Å². The highest BCUT2D eigenvalue weighted by Crippen LogP contribution is 2.14. The second kappa shape index (κ2) is 9.14. The molecule has 2 aromatic carbocycles. The zero-order valence-electron chi connectivity index (χ0n) is 15.1. The minimum atomic E-state index is -0.255. The molecule has 3 rings (SSSR count). The molecule has 5 nitrogen and oxygen atoms in total. The monoisotopic (exact) mass is 380 g/mol. The van der Waals surface area contributed by atoms with E-state index in [0.29, 0.717) is 17.3 Å². The predicted molar refractivity (Wildman–Crippen MR) is 108 cm³/mol. The molecule has 0 spiro atoms. The number of amides is 1. The van der Waals surface area contributed by atoms with Gasteiger partial charge < -0.3 is 10.2 Å². The number of benzene rings is 2. The van der Waals surface area contributed by atoms with Crippen molar-refractivity contribution in [2.75, 3.05) is 11.4 Å². The van der Waals surface area contributed by atoms with E-state index in [9.17, 15) is 4.79 Å². The van der Waals surface area contributed by atoms with E-state index in [1.54, 1.807) is 18.2 Å². The summed E-state index contributed by atoms with van der Waals surface area (Å²) in [6.07, 6.45) is 0. The normalized spacial score (nSPS) is 10.4. The first-order valence-electron chi connectivity index (χ1n) is 8.81. The van der Waals surface area contributed by atoms with E-state index in [2.05, 4.69) is 39.5 Å². The summed E-state index contributed by atoms with van der Waals surface area (Å²) in [7, 11) is 0. The summed E-state index contributed by atoms with van der Waals surface area (Å²) in [5, 5.41) is 11.8. The summed E-state index contributed by atoms with van der Waals surface area (Å²) < 4.78 is 0. The van der Waals surface area contributed by atoms with Crippen LogP contribution in [0.15, 0.2) is 66.7 Å². The Morgan fingerprint density at radius 2 is 1.70 bits per heavy atom. The van der Waals surface area contributed by atoms with Crippen molar-refractivity contribution in [1.29, 1.82) is 0 Å². The quantitative estimate of drug-likeness (QED) is 0.670. The summed E-state index contributed by atoms with van der Waals surface area (Å²) in [6.45, 7) is 4.02. The minimum Gasteiger partial charge on any atom is -0.351 e. The molecule has 0 saturated heterocycles. The first-order valence-corrected chi connectivity index (χ1v) is 9.18. The van der Waals surface area contributed by atoms with Crippen molar-refractivity contribution < 1.29 is 4.79 Å². The average Bonchev–Trinajstić information content (AvgIpc) is 2.72. The molecule has 0 saturated carbocycles. The minimum absolute atomic E-state index is 0.255. The second-order valence-corrected chi connectivity index (χ2v) is 6.52. The Hall–Kier alpha value is -2.92. The van der Waals surface area contributed by atoms with Crippen LogP contribution >= 0.6 is 11.6 Å². The van der Waals surface area contributed by atoms with Crippen molar-refractivity contribution in [2.24, 2.45) is 0 Å². The molecule has 0 aliphatic heterocycles. The fourth-order valence-corrected chi connectivity index (χ4v) is 2.77. The Labute approximate surface area is 164 Å². The van der Waals surface area contributed by atoms with Crippen LogP contribution in [-0.2, 0) is 13.1 Å². The highest BCUT2D eigenvalue weighted by molar-refractivity contribution is 6.30. The van der Waals surface area contributed by atoms with Crippen molar-refractivity contribution in [3.63, 3.8) is 0 Å². The number of carbonyl (C=O) groups is 1. The van der Waals surface area contributed by atoms with Gasteiger partial charge in [-0.15, -0.1) is 10.2 Å². The smallest absolute Gasteiger partial charge is 0.272 e. The van der Waals surface area contributed by atoms with Crippen LogP contribution in [0.25, 0.3) is 0 Å². The standard InChI is InChI=1S/C21H21ClN4O/c1-2-26(15-17-6-4-3-5-7-17)20-13-12-19(24-25-20)21(27)23-14-16-8-10-18(22)11-9-16/h3-13H,2,14-15H2,1H3,(H,23,27). The van der Waals surface area contributed by atoms with Gasteiger partial charge in [0.1, 0.15) is 0 Å². The second-order valence-electron chi connectivity index (χ2n) is 6.09. The predicted octanol–water partition coefficient (Wildman–Crippen LogP) is 4.09. The molecule has 1 amide bonds. The van der Waals surface area contributed by atoms with Crippen LogP contribution in [0, 0.1) is 0 Å². The Bertz CT molecular complexity index is 867. The lowest BCUT2D eigenvalue weighted by Crippen LogP contribution is -2.26. The van der Waals surface area contributed by atoms with E-state index in [-0.39, 0.29) is 5.91 Å². The van der Waals surface area contributed by atoms with Gasteiger partial charge in [0.05, 0.1) is 0 Å². The molecule has 0 fully saturated rings. The van der Waals surface area contributed by atoms with E-state index < -0.39 is 0 Å². The van der Waals surface area contributed by atoms with Gasteiger partial charge in [0.25, 0.3) is 5.91 Å². The molecular formula is C21H21ClN4O. The number of nitrogens with one attached hydrogen (secondary N) is 1. The summed E-state index contributed by atoms with van der Waals surface area (Å²) >= 11 is 5.86. The Morgan fingerprint density at radius 3 is 2.33 bits per heavy atom. The number of hydrogen-bond donors (Lipinski definition) is 1. The topological polar surface area (TPSA) is 58.1 Å². The number of carbonyl (C=O) groups excluding carboxylic acids is 1. The Balaban J connectivity index is 1.61. The zero-order chi connectivity index (χ0) is 19.1. The van der Waals surface area contributed by atoms with E-state index in [4.69, 9.17) is 11.6 Å². The number of nitrogens with zero attached hydrogens (tertiary/aromatic N) is 3. The number of halogens is 1. The third-order valence-corrected chi connectivity index (χ3v) is 4.42. The van der Waals surface area contributed by atoms with Gasteiger partial charge in [0.15, 0.2) is 11.5 Å². The third-order valence-electron chi connectivity index (χ3n) is 4.17. The van der Waals surface area contributed by atoms with Gasteiger partial charge in [0.2, 0.25) is 0 Å². The van der Waals surface area contributed by atoms with Gasteiger partial charge in [-0.1, -0.05) is 54.1 Å². The van der Waals surface area contributed by atoms with Gasteiger partial charge >= 0.3 is 0 Å². The lowest BCUT2D eigenvalue weighted by atomic mass is 10.2. The lowest BCUT2D eigenvalue weighted by Gasteiger charge is -2.21. The van der Waals surface area contributed by atoms with Gasteiger partial charge in [-0.3, -0.25) is 4.79 Å². The van der Waals surface area contributed by atoms with Crippen LogP contribution in [0.2, 0.25) is 5.02 Å². The van der Waals surface area contributed by atoms with Crippen molar-refractivity contribution in [3.05, 3.63) is 88.6 Å². The molecule has 1 aromatic heterocycles. The van der Waals surface area contributed by atoms with Crippen LogP contribution in [0.1, 0.15) is 28.5 Å². The third kappa shape index (κ3) is 5.28. The zero-order valence-corrected chi connectivity index (χ0v) is 15.9. The molecule has 0 aliphatic rings. The van der Waals surface area contributed by atoms with Crippen LogP contribution in [0.3, 0.4) is 0 Å². The highest BCUT2D eigenvalue weighted by Gasteiger charge is 2.11. The van der Waals surface area contributed by atoms with Crippen molar-refractivity contribution >= 4 is 23.3 Å². The number of anilines is 1. The van der Waals surface area contributed by atoms with Crippen molar-refractivity contribution in [2.45, 2.75) is 20.0 Å². The summed E-state index contributed by atoms with van der Waals surface area (Å²) in [5.74, 6) is 0.491. The van der Waals surface area contributed by atoms with E-state index in [1.807, 2.05) is 36.4 Å². The summed E-state index contributed by atoms with van der Waals surface area (Å²) in [5.41, 5.74) is 2.46. The van der Waals surface area contributed by atoms with Gasteiger partial charge in [0, 0.05) is 24.7 Å². The molecule has 0 unspecified atom stereocenters. The maximum Gasteiger partial charge on any atom is 0.272 e. The van der Waals surface area contributed by atoms with Gasteiger partial charge in [-0.25, -0.2) is 0 Å². The molecule has 0 atom stereocenters. The first kappa shape index (κ1) is 18.9. The van der Waals surface area contributed by atoms with Crippen molar-refractivity contribution in [1.82, 2.24) is 15.5 Å². The first-order chi connectivity index (χ1) is 13.2. The van der Waals surface area contributed by atoms with E-state index in [1.165, 1.54) is 5.56 Å². The molecule has 0 aliphatic carbocycles. The maximum absolute atomic E-state index is 12.3. The summed E-state index contributed by atoms with van der Waals surface area (Å²) in [4.78, 5) is 14.4. The molecular weight excluding hydrogens is 360 g/mol. The Morgan fingerprint density at radius 1 is 0.963 bits per heavy atom. The van der Waals surface area contributed by atoms with Crippen LogP contribution in [-0.4, -0.2) is 22.6 Å². The molecule has 0 radical (unpaired) electrons. The maximum atomic E-state index is 12.3. The van der Waals surface area contributed by atoms with Crippen LogP contribution in [0.5, 0.6) is 0 Å².